The van der Waals surface area contributed by atoms with Gasteiger partial charge in [0.15, 0.2) is 0 Å². The Morgan fingerprint density at radius 1 is 1.17 bits per heavy atom. The molecule has 1 aliphatic heterocycles. The van der Waals surface area contributed by atoms with E-state index in [1.165, 1.54) is 16.4 Å². The zero-order valence-electron chi connectivity index (χ0n) is 16.2. The first-order valence-corrected chi connectivity index (χ1v) is 10.5. The lowest BCUT2D eigenvalue weighted by molar-refractivity contribution is -0.385. The number of morpholine rings is 1. The van der Waals surface area contributed by atoms with Crippen LogP contribution in [0.25, 0.3) is 0 Å². The molecule has 1 heterocycles. The fourth-order valence-electron chi connectivity index (χ4n) is 2.86. The standard InChI is InChI=1S/C19H22N4O5S/c1-14-3-5-16(6-4-14)15(2)20-21-18-8-7-17(23(24)25)13-19(18)29(26,27)22-9-11-28-12-10-22/h3-8,13,21H,9-12H2,1-2H3. The Morgan fingerprint density at radius 3 is 2.45 bits per heavy atom. The molecule has 1 N–H and O–H groups in total. The predicted molar refractivity (Wildman–Crippen MR) is 110 cm³/mol. The van der Waals surface area contributed by atoms with E-state index in [0.717, 1.165) is 17.2 Å². The molecule has 0 radical (unpaired) electrons. The minimum Gasteiger partial charge on any atom is -0.379 e. The average Bonchev–Trinajstić information content (AvgIpc) is 2.73. The van der Waals surface area contributed by atoms with Gasteiger partial charge >= 0.3 is 0 Å². The SMILES string of the molecule is CC(=NNc1ccc([N+](=O)[O-])cc1S(=O)(=O)N1CCOCC1)c1ccc(C)cc1. The summed E-state index contributed by atoms with van der Waals surface area (Å²) in [6.45, 7) is 4.71. The summed E-state index contributed by atoms with van der Waals surface area (Å²) in [5.41, 5.74) is 5.28. The fourth-order valence-corrected chi connectivity index (χ4v) is 4.43. The molecule has 0 aliphatic carbocycles. The monoisotopic (exact) mass is 418 g/mol. The van der Waals surface area contributed by atoms with E-state index in [1.807, 2.05) is 31.2 Å². The van der Waals surface area contributed by atoms with E-state index in [1.54, 1.807) is 6.92 Å². The first-order valence-electron chi connectivity index (χ1n) is 9.03. The van der Waals surface area contributed by atoms with Gasteiger partial charge in [0, 0.05) is 25.2 Å². The summed E-state index contributed by atoms with van der Waals surface area (Å²) in [5, 5.41) is 15.5. The Kier molecular flexibility index (Phi) is 6.26. The summed E-state index contributed by atoms with van der Waals surface area (Å²) < 4.78 is 32.7. The molecule has 0 amide bonds. The van der Waals surface area contributed by atoms with Gasteiger partial charge in [0.05, 0.1) is 29.5 Å². The van der Waals surface area contributed by atoms with Crippen LogP contribution in [0.4, 0.5) is 11.4 Å². The molecule has 1 saturated heterocycles. The maximum absolute atomic E-state index is 13.1. The van der Waals surface area contributed by atoms with Crippen LogP contribution in [0.3, 0.4) is 0 Å². The highest BCUT2D eigenvalue weighted by Crippen LogP contribution is 2.29. The molecule has 9 nitrogen and oxygen atoms in total. The van der Waals surface area contributed by atoms with Crippen LogP contribution in [-0.4, -0.2) is 49.7 Å². The Labute approximate surface area is 169 Å². The van der Waals surface area contributed by atoms with Crippen LogP contribution in [-0.2, 0) is 14.8 Å². The zero-order chi connectivity index (χ0) is 21.0. The number of nitro benzene ring substituents is 1. The predicted octanol–water partition coefficient (Wildman–Crippen LogP) is 2.76. The van der Waals surface area contributed by atoms with Gasteiger partial charge in [0.1, 0.15) is 4.90 Å². The highest BCUT2D eigenvalue weighted by molar-refractivity contribution is 7.89. The first kappa shape index (κ1) is 20.9. The number of aryl methyl sites for hydroxylation is 1. The minimum absolute atomic E-state index is 0.175. The number of benzene rings is 2. The van der Waals surface area contributed by atoms with E-state index in [2.05, 4.69) is 10.5 Å². The van der Waals surface area contributed by atoms with Gasteiger partial charge in [-0.15, -0.1) is 0 Å². The van der Waals surface area contributed by atoms with Crippen molar-refractivity contribution in [3.8, 4) is 0 Å². The number of non-ortho nitro benzene ring substituents is 1. The van der Waals surface area contributed by atoms with Crippen molar-refractivity contribution in [3.63, 3.8) is 0 Å². The van der Waals surface area contributed by atoms with Crippen molar-refractivity contribution in [1.29, 1.82) is 0 Å². The third-order valence-corrected chi connectivity index (χ3v) is 6.52. The van der Waals surface area contributed by atoms with Crippen LogP contribution in [0.1, 0.15) is 18.1 Å². The number of hydrogen-bond donors (Lipinski definition) is 1. The topological polar surface area (TPSA) is 114 Å². The number of anilines is 1. The highest BCUT2D eigenvalue weighted by atomic mass is 32.2. The van der Waals surface area contributed by atoms with E-state index in [9.17, 15) is 18.5 Å². The second kappa shape index (κ2) is 8.68. The lowest BCUT2D eigenvalue weighted by Crippen LogP contribution is -2.40. The maximum Gasteiger partial charge on any atom is 0.270 e. The molecule has 2 aromatic rings. The van der Waals surface area contributed by atoms with Crippen molar-refractivity contribution in [2.75, 3.05) is 31.7 Å². The number of hydrogen-bond acceptors (Lipinski definition) is 7. The van der Waals surface area contributed by atoms with E-state index >= 15 is 0 Å². The summed E-state index contributed by atoms with van der Waals surface area (Å²) >= 11 is 0. The zero-order valence-corrected chi connectivity index (χ0v) is 17.0. The number of nitrogens with one attached hydrogen (secondary N) is 1. The molecule has 0 aromatic heterocycles. The summed E-state index contributed by atoms with van der Waals surface area (Å²) in [7, 11) is -3.95. The second-order valence-corrected chi connectivity index (χ2v) is 8.54. The van der Waals surface area contributed by atoms with E-state index in [-0.39, 0.29) is 42.6 Å². The Balaban J connectivity index is 1.96. The molecule has 1 fully saturated rings. The molecule has 3 rings (SSSR count). The molecule has 1 aliphatic rings. The third kappa shape index (κ3) is 4.78. The Morgan fingerprint density at radius 2 is 1.83 bits per heavy atom. The molecular formula is C19H22N4O5S. The van der Waals surface area contributed by atoms with Crippen LogP contribution in [0, 0.1) is 17.0 Å². The fraction of sp³-hybridized carbons (Fsp3) is 0.316. The van der Waals surface area contributed by atoms with Crippen molar-refractivity contribution in [2.24, 2.45) is 5.10 Å². The van der Waals surface area contributed by atoms with Crippen LogP contribution in [0.2, 0.25) is 0 Å². The third-order valence-electron chi connectivity index (χ3n) is 4.58. The second-order valence-electron chi connectivity index (χ2n) is 6.63. The lowest BCUT2D eigenvalue weighted by atomic mass is 10.1. The van der Waals surface area contributed by atoms with Crippen molar-refractivity contribution < 1.29 is 18.1 Å². The highest BCUT2D eigenvalue weighted by Gasteiger charge is 2.30. The van der Waals surface area contributed by atoms with E-state index in [4.69, 9.17) is 4.74 Å². The van der Waals surface area contributed by atoms with E-state index < -0.39 is 14.9 Å². The maximum atomic E-state index is 13.1. The Bertz CT molecular complexity index is 1030. The summed E-state index contributed by atoms with van der Waals surface area (Å²) in [4.78, 5) is 10.4. The molecule has 0 bridgehead atoms. The molecule has 2 aromatic carbocycles. The number of nitrogens with zero attached hydrogens (tertiary/aromatic N) is 3. The number of nitro groups is 1. The molecule has 0 atom stereocenters. The lowest BCUT2D eigenvalue weighted by Gasteiger charge is -2.26. The van der Waals surface area contributed by atoms with Gasteiger partial charge in [-0.05, 0) is 25.5 Å². The molecule has 0 unspecified atom stereocenters. The van der Waals surface area contributed by atoms with Gasteiger partial charge in [-0.3, -0.25) is 15.5 Å². The number of rotatable bonds is 6. The van der Waals surface area contributed by atoms with Crippen LogP contribution >= 0.6 is 0 Å². The quantitative estimate of drug-likeness (QED) is 0.438. The molecule has 0 saturated carbocycles. The number of sulfonamides is 1. The largest absolute Gasteiger partial charge is 0.379 e. The molecule has 154 valence electrons. The normalized spacial score (nSPS) is 15.9. The average molecular weight is 418 g/mol. The number of hydrazone groups is 1. The van der Waals surface area contributed by atoms with Gasteiger partial charge in [0.25, 0.3) is 5.69 Å². The van der Waals surface area contributed by atoms with Crippen molar-refractivity contribution in [1.82, 2.24) is 4.31 Å². The van der Waals surface area contributed by atoms with Crippen LogP contribution < -0.4 is 5.43 Å². The van der Waals surface area contributed by atoms with Gasteiger partial charge in [-0.2, -0.15) is 9.41 Å². The summed E-state index contributed by atoms with van der Waals surface area (Å²) in [6.07, 6.45) is 0. The van der Waals surface area contributed by atoms with E-state index in [0.29, 0.717) is 5.71 Å². The van der Waals surface area contributed by atoms with Crippen LogP contribution in [0.15, 0.2) is 52.5 Å². The van der Waals surface area contributed by atoms with Gasteiger partial charge in [-0.25, -0.2) is 8.42 Å². The number of ether oxygens (including phenoxy) is 1. The van der Waals surface area contributed by atoms with Crippen molar-refractivity contribution >= 4 is 27.1 Å². The van der Waals surface area contributed by atoms with Crippen LogP contribution in [0.5, 0.6) is 0 Å². The molecule has 29 heavy (non-hydrogen) atoms. The Hall–Kier alpha value is -2.82. The molecule has 0 spiro atoms. The minimum atomic E-state index is -3.95. The van der Waals surface area contributed by atoms with Gasteiger partial charge in [0.2, 0.25) is 10.0 Å². The first-order chi connectivity index (χ1) is 13.8. The van der Waals surface area contributed by atoms with Gasteiger partial charge in [-0.1, -0.05) is 29.8 Å². The van der Waals surface area contributed by atoms with Gasteiger partial charge < -0.3 is 4.74 Å². The molecular weight excluding hydrogens is 396 g/mol. The van der Waals surface area contributed by atoms with Crippen molar-refractivity contribution in [2.45, 2.75) is 18.7 Å². The van der Waals surface area contributed by atoms with Crippen molar-refractivity contribution in [3.05, 3.63) is 63.7 Å². The summed E-state index contributed by atoms with van der Waals surface area (Å²) in [5.74, 6) is 0. The summed E-state index contributed by atoms with van der Waals surface area (Å²) in [6, 6.07) is 11.4. The molecule has 10 heteroatoms. The smallest absolute Gasteiger partial charge is 0.270 e.